The van der Waals surface area contributed by atoms with Gasteiger partial charge in [-0.25, -0.2) is 0 Å². The minimum Gasteiger partial charge on any atom is -0.463 e. The van der Waals surface area contributed by atoms with E-state index in [4.69, 9.17) is 64.9 Å². The van der Waals surface area contributed by atoms with Gasteiger partial charge in [0.2, 0.25) is 12.6 Å². The highest BCUT2D eigenvalue weighted by atomic mass is 35.5. The molecule has 0 saturated carbocycles. The van der Waals surface area contributed by atoms with E-state index < -0.39 is 21.2 Å². The lowest BCUT2D eigenvalue weighted by atomic mass is 10.3. The molecule has 2 aromatic rings. The second-order valence-corrected chi connectivity index (χ2v) is 7.55. The summed E-state index contributed by atoms with van der Waals surface area (Å²) in [5.74, 6) is 0.730. The summed E-state index contributed by atoms with van der Waals surface area (Å²) in [7, 11) is -2.27. The molecular formula is C16H15Cl4O5P. The molecule has 0 aromatic heterocycles. The monoisotopic (exact) mass is 458 g/mol. The largest absolute Gasteiger partial charge is 0.463 e. The van der Waals surface area contributed by atoms with Crippen molar-refractivity contribution in [2.45, 2.75) is 26.4 Å². The zero-order valence-electron chi connectivity index (χ0n) is 13.7. The lowest BCUT2D eigenvalue weighted by Gasteiger charge is -2.22. The topological polar surface area (TPSA) is 57.2 Å². The number of benzene rings is 2. The average molecular weight is 460 g/mol. The van der Waals surface area contributed by atoms with Crippen LogP contribution in [0.4, 0.5) is 0 Å². The molecule has 0 bridgehead atoms. The first-order valence-corrected chi connectivity index (χ1v) is 9.95. The molecule has 0 radical (unpaired) electrons. The standard InChI is InChI=1S/C16H15Cl4O5P/c1-9(22-15-5-3-11(17)7-13(15)19)24-26(21)25-10(2)23-16-6-4-12(18)8-14(16)20/h3-10,21H,1-2H3. The zero-order valence-corrected chi connectivity index (χ0v) is 17.6. The molecule has 0 saturated heterocycles. The summed E-state index contributed by atoms with van der Waals surface area (Å²) in [5, 5.41) is 1.61. The third-order valence-electron chi connectivity index (χ3n) is 2.85. The Hall–Kier alpha value is -0.490. The van der Waals surface area contributed by atoms with Crippen molar-refractivity contribution in [3.63, 3.8) is 0 Å². The van der Waals surface area contributed by atoms with Gasteiger partial charge in [-0.2, -0.15) is 0 Å². The minimum absolute atomic E-state index is 0.324. The van der Waals surface area contributed by atoms with Crippen LogP contribution in [0.3, 0.4) is 0 Å². The summed E-state index contributed by atoms with van der Waals surface area (Å²) < 4.78 is 21.5. The molecule has 0 aliphatic heterocycles. The molecular weight excluding hydrogens is 445 g/mol. The molecule has 10 heteroatoms. The lowest BCUT2D eigenvalue weighted by molar-refractivity contribution is -0.0320. The second-order valence-electron chi connectivity index (χ2n) is 4.97. The maximum Gasteiger partial charge on any atom is 0.336 e. The van der Waals surface area contributed by atoms with E-state index >= 15 is 0 Å². The smallest absolute Gasteiger partial charge is 0.336 e. The summed E-state index contributed by atoms with van der Waals surface area (Å²) >= 11 is 23.7. The highest BCUT2D eigenvalue weighted by Crippen LogP contribution is 2.38. The molecule has 2 rings (SSSR count). The Balaban J connectivity index is 1.83. The van der Waals surface area contributed by atoms with Crippen molar-refractivity contribution in [3.05, 3.63) is 56.5 Å². The highest BCUT2D eigenvalue weighted by Gasteiger charge is 2.19. The van der Waals surface area contributed by atoms with Crippen molar-refractivity contribution in [1.82, 2.24) is 0 Å². The Morgan fingerprint density at radius 1 is 0.769 bits per heavy atom. The lowest BCUT2D eigenvalue weighted by Crippen LogP contribution is -2.18. The predicted molar refractivity (Wildman–Crippen MR) is 104 cm³/mol. The van der Waals surface area contributed by atoms with Gasteiger partial charge in [-0.3, -0.25) is 9.05 Å². The van der Waals surface area contributed by atoms with E-state index in [2.05, 4.69) is 0 Å². The van der Waals surface area contributed by atoms with Gasteiger partial charge < -0.3 is 14.4 Å². The van der Waals surface area contributed by atoms with Crippen LogP contribution >= 0.6 is 55.0 Å². The summed E-state index contributed by atoms with van der Waals surface area (Å²) in [6, 6.07) is 9.52. The Morgan fingerprint density at radius 3 is 1.50 bits per heavy atom. The van der Waals surface area contributed by atoms with Gasteiger partial charge in [0.25, 0.3) is 0 Å². The zero-order chi connectivity index (χ0) is 19.3. The number of hydrogen-bond donors (Lipinski definition) is 1. The molecule has 5 nitrogen and oxygen atoms in total. The van der Waals surface area contributed by atoms with Gasteiger partial charge in [0.05, 0.1) is 10.0 Å². The first-order chi connectivity index (χ1) is 12.2. The van der Waals surface area contributed by atoms with Gasteiger partial charge >= 0.3 is 8.60 Å². The van der Waals surface area contributed by atoms with Gasteiger partial charge in [0, 0.05) is 10.0 Å². The van der Waals surface area contributed by atoms with Crippen LogP contribution in [0.25, 0.3) is 0 Å². The van der Waals surface area contributed by atoms with Crippen molar-refractivity contribution in [2.75, 3.05) is 0 Å². The van der Waals surface area contributed by atoms with Crippen molar-refractivity contribution in [2.24, 2.45) is 0 Å². The number of ether oxygens (including phenoxy) is 2. The summed E-state index contributed by atoms with van der Waals surface area (Å²) in [5.41, 5.74) is 0. The average Bonchev–Trinajstić information content (AvgIpc) is 2.52. The fourth-order valence-corrected chi connectivity index (χ4v) is 3.37. The van der Waals surface area contributed by atoms with Crippen LogP contribution in [0.2, 0.25) is 20.1 Å². The molecule has 0 heterocycles. The van der Waals surface area contributed by atoms with Crippen LogP contribution in [0, 0.1) is 0 Å². The van der Waals surface area contributed by atoms with Crippen LogP contribution in [-0.2, 0) is 9.05 Å². The van der Waals surface area contributed by atoms with Gasteiger partial charge in [-0.05, 0) is 50.2 Å². The quantitative estimate of drug-likeness (QED) is 0.351. The van der Waals surface area contributed by atoms with Gasteiger partial charge in [-0.1, -0.05) is 46.4 Å². The fourth-order valence-electron chi connectivity index (χ4n) is 1.82. The third-order valence-corrected chi connectivity index (χ3v) is 4.87. The summed E-state index contributed by atoms with van der Waals surface area (Å²) in [6.45, 7) is 3.17. The van der Waals surface area contributed by atoms with Crippen molar-refractivity contribution in [1.29, 1.82) is 0 Å². The third kappa shape index (κ3) is 6.91. The predicted octanol–water partition coefficient (Wildman–Crippen LogP) is 6.70. The Bertz CT molecular complexity index is 687. The minimum atomic E-state index is -2.27. The summed E-state index contributed by atoms with van der Waals surface area (Å²) in [4.78, 5) is 9.93. The van der Waals surface area contributed by atoms with Crippen LogP contribution in [0.15, 0.2) is 36.4 Å². The number of hydrogen-bond acceptors (Lipinski definition) is 5. The first-order valence-electron chi connectivity index (χ1n) is 7.30. The molecule has 0 fully saturated rings. The van der Waals surface area contributed by atoms with E-state index in [1.165, 1.54) is 12.1 Å². The molecule has 0 amide bonds. The Morgan fingerprint density at radius 2 is 1.15 bits per heavy atom. The molecule has 0 aliphatic rings. The fraction of sp³-hybridized carbons (Fsp3) is 0.250. The summed E-state index contributed by atoms with van der Waals surface area (Å²) in [6.07, 6.45) is -1.65. The first kappa shape index (κ1) is 21.8. The molecule has 2 atom stereocenters. The molecule has 2 aromatic carbocycles. The van der Waals surface area contributed by atoms with Gasteiger partial charge in [-0.15, -0.1) is 0 Å². The van der Waals surface area contributed by atoms with E-state index in [0.29, 0.717) is 31.6 Å². The van der Waals surface area contributed by atoms with E-state index in [-0.39, 0.29) is 0 Å². The van der Waals surface area contributed by atoms with E-state index in [0.717, 1.165) is 0 Å². The molecule has 0 aliphatic carbocycles. The second kappa shape index (κ2) is 10.2. The number of halogens is 4. The van der Waals surface area contributed by atoms with Gasteiger partial charge in [0.1, 0.15) is 11.5 Å². The van der Waals surface area contributed by atoms with Crippen LogP contribution in [0.1, 0.15) is 13.8 Å². The molecule has 0 spiro atoms. The van der Waals surface area contributed by atoms with E-state index in [1.807, 2.05) is 0 Å². The number of rotatable bonds is 8. The van der Waals surface area contributed by atoms with Crippen LogP contribution in [-0.4, -0.2) is 17.5 Å². The Kier molecular flexibility index (Phi) is 8.52. The van der Waals surface area contributed by atoms with Crippen molar-refractivity contribution < 1.29 is 23.4 Å². The highest BCUT2D eigenvalue weighted by molar-refractivity contribution is 7.40. The molecule has 2 unspecified atom stereocenters. The van der Waals surface area contributed by atoms with Crippen LogP contribution in [0.5, 0.6) is 11.5 Å². The Labute approximate surface area is 172 Å². The van der Waals surface area contributed by atoms with Crippen LogP contribution < -0.4 is 9.47 Å². The molecule has 1 N–H and O–H groups in total. The molecule has 26 heavy (non-hydrogen) atoms. The van der Waals surface area contributed by atoms with Crippen molar-refractivity contribution in [3.8, 4) is 11.5 Å². The maximum atomic E-state index is 9.93. The van der Waals surface area contributed by atoms with E-state index in [9.17, 15) is 4.89 Å². The van der Waals surface area contributed by atoms with Crippen molar-refractivity contribution >= 4 is 55.0 Å². The normalized spacial score (nSPS) is 14.6. The SMILES string of the molecule is CC(Oc1ccc(Cl)cc1Cl)OP(O)OC(C)Oc1ccc(Cl)cc1Cl. The van der Waals surface area contributed by atoms with E-state index in [1.54, 1.807) is 38.1 Å². The van der Waals surface area contributed by atoms with Gasteiger partial charge in [0.15, 0.2) is 0 Å². The molecule has 142 valence electrons. The maximum absolute atomic E-state index is 9.93.